The number of nitrogens with one attached hydrogen (secondary N) is 1. The lowest BCUT2D eigenvalue weighted by Gasteiger charge is -2.10. The van der Waals surface area contributed by atoms with Gasteiger partial charge in [0.1, 0.15) is 6.33 Å². The summed E-state index contributed by atoms with van der Waals surface area (Å²) in [5.41, 5.74) is -0.286. The van der Waals surface area contributed by atoms with Gasteiger partial charge in [0.2, 0.25) is 11.0 Å². The number of rotatable bonds is 5. The highest BCUT2D eigenvalue weighted by atomic mass is 35.5. The number of ether oxygens (including phenoxy) is 1. The van der Waals surface area contributed by atoms with Crippen LogP contribution in [-0.2, 0) is 4.74 Å². The second-order valence-corrected chi connectivity index (χ2v) is 4.33. The van der Waals surface area contributed by atoms with Gasteiger partial charge in [-0.1, -0.05) is 11.6 Å². The molecule has 0 aliphatic carbocycles. The van der Waals surface area contributed by atoms with Crippen LogP contribution >= 0.6 is 11.6 Å². The van der Waals surface area contributed by atoms with E-state index in [0.29, 0.717) is 6.54 Å². The topological polar surface area (TPSA) is 90.2 Å². The minimum absolute atomic E-state index is 0.151. The minimum atomic E-state index is -0.587. The molecule has 1 aliphatic rings. The predicted octanol–water partition coefficient (Wildman–Crippen LogP) is 2.02. The molecule has 1 saturated heterocycles. The molecular weight excluding hydrogens is 260 g/mol. The molecule has 0 radical (unpaired) electrons. The Morgan fingerprint density at radius 1 is 1.61 bits per heavy atom. The van der Waals surface area contributed by atoms with Crippen molar-refractivity contribution in [1.29, 1.82) is 0 Å². The van der Waals surface area contributed by atoms with Crippen molar-refractivity contribution in [2.75, 3.05) is 18.5 Å². The highest BCUT2D eigenvalue weighted by molar-refractivity contribution is 6.31. The van der Waals surface area contributed by atoms with Crippen LogP contribution in [0.2, 0.25) is 5.15 Å². The highest BCUT2D eigenvalue weighted by Crippen LogP contribution is 2.28. The summed E-state index contributed by atoms with van der Waals surface area (Å²) in [5, 5.41) is 13.6. The molecule has 8 heteroatoms. The average Bonchev–Trinajstić information content (AvgIpc) is 2.81. The molecule has 0 spiro atoms. The Morgan fingerprint density at radius 2 is 2.44 bits per heavy atom. The molecule has 1 N–H and O–H groups in total. The molecule has 2 heterocycles. The molecule has 98 valence electrons. The molecule has 0 amide bonds. The fourth-order valence-electron chi connectivity index (χ4n) is 1.87. The van der Waals surface area contributed by atoms with Gasteiger partial charge in [0.05, 0.1) is 11.0 Å². The van der Waals surface area contributed by atoms with Gasteiger partial charge in [0.25, 0.3) is 0 Å². The van der Waals surface area contributed by atoms with Crippen molar-refractivity contribution in [3.8, 4) is 0 Å². The fraction of sp³-hybridized carbons (Fsp3) is 0.600. The first-order chi connectivity index (χ1) is 8.68. The van der Waals surface area contributed by atoms with Crippen LogP contribution in [0.5, 0.6) is 0 Å². The molecule has 7 nitrogen and oxygen atoms in total. The quantitative estimate of drug-likeness (QED) is 0.501. The average molecular weight is 273 g/mol. The Labute approximate surface area is 109 Å². The maximum atomic E-state index is 10.8. The van der Waals surface area contributed by atoms with Gasteiger partial charge in [0.15, 0.2) is 0 Å². The van der Waals surface area contributed by atoms with Crippen LogP contribution in [0.4, 0.5) is 11.5 Å². The summed E-state index contributed by atoms with van der Waals surface area (Å²) in [4.78, 5) is 17.7. The zero-order valence-corrected chi connectivity index (χ0v) is 10.4. The third-order valence-corrected chi connectivity index (χ3v) is 3.02. The predicted molar refractivity (Wildman–Crippen MR) is 65.8 cm³/mol. The van der Waals surface area contributed by atoms with Crippen molar-refractivity contribution in [3.63, 3.8) is 0 Å². The van der Waals surface area contributed by atoms with E-state index < -0.39 is 4.92 Å². The van der Waals surface area contributed by atoms with E-state index in [-0.39, 0.29) is 22.8 Å². The van der Waals surface area contributed by atoms with E-state index in [4.69, 9.17) is 16.3 Å². The van der Waals surface area contributed by atoms with Crippen LogP contribution in [0.15, 0.2) is 6.33 Å². The second-order valence-electron chi connectivity index (χ2n) is 3.97. The minimum Gasteiger partial charge on any atom is -0.378 e. The zero-order chi connectivity index (χ0) is 13.0. The smallest absolute Gasteiger partial charge is 0.348 e. The molecule has 18 heavy (non-hydrogen) atoms. The first-order valence-corrected chi connectivity index (χ1v) is 6.06. The molecular formula is C10H13ClN4O3. The molecule has 1 atom stereocenters. The first-order valence-electron chi connectivity index (χ1n) is 5.69. The van der Waals surface area contributed by atoms with Gasteiger partial charge in [-0.15, -0.1) is 0 Å². The summed E-state index contributed by atoms with van der Waals surface area (Å²) in [6, 6.07) is 0. The van der Waals surface area contributed by atoms with Gasteiger partial charge in [-0.2, -0.15) is 0 Å². The number of nitrogens with zero attached hydrogens (tertiary/aromatic N) is 3. The number of halogens is 1. The Bertz CT molecular complexity index is 437. The molecule has 1 fully saturated rings. The molecule has 0 saturated carbocycles. The van der Waals surface area contributed by atoms with Crippen LogP contribution in [0, 0.1) is 10.1 Å². The largest absolute Gasteiger partial charge is 0.378 e. The summed E-state index contributed by atoms with van der Waals surface area (Å²) in [7, 11) is 0. The summed E-state index contributed by atoms with van der Waals surface area (Å²) in [6.45, 7) is 1.35. The monoisotopic (exact) mass is 272 g/mol. The van der Waals surface area contributed by atoms with E-state index in [9.17, 15) is 10.1 Å². The fourth-order valence-corrected chi connectivity index (χ4v) is 2.07. The van der Waals surface area contributed by atoms with Gasteiger partial charge in [0, 0.05) is 13.2 Å². The van der Waals surface area contributed by atoms with Gasteiger partial charge in [-0.3, -0.25) is 10.1 Å². The van der Waals surface area contributed by atoms with E-state index >= 15 is 0 Å². The van der Waals surface area contributed by atoms with Crippen LogP contribution < -0.4 is 5.32 Å². The van der Waals surface area contributed by atoms with E-state index in [2.05, 4.69) is 15.3 Å². The van der Waals surface area contributed by atoms with Crippen molar-refractivity contribution in [1.82, 2.24) is 9.97 Å². The molecule has 1 unspecified atom stereocenters. The third-order valence-electron chi connectivity index (χ3n) is 2.74. The molecule has 2 rings (SSSR count). The Kier molecular flexibility index (Phi) is 4.27. The number of anilines is 1. The summed E-state index contributed by atoms with van der Waals surface area (Å²) >= 11 is 5.67. The number of hydrogen-bond acceptors (Lipinski definition) is 6. The maximum Gasteiger partial charge on any atom is 0.348 e. The zero-order valence-electron chi connectivity index (χ0n) is 9.63. The van der Waals surface area contributed by atoms with Crippen molar-refractivity contribution in [2.45, 2.75) is 25.4 Å². The Hall–Kier alpha value is -1.47. The molecule has 1 aromatic heterocycles. The number of hydrogen-bond donors (Lipinski definition) is 1. The Morgan fingerprint density at radius 3 is 3.11 bits per heavy atom. The summed E-state index contributed by atoms with van der Waals surface area (Å²) in [5.74, 6) is 0.151. The second kappa shape index (κ2) is 5.92. The molecule has 0 bridgehead atoms. The highest BCUT2D eigenvalue weighted by Gasteiger charge is 2.22. The van der Waals surface area contributed by atoms with Crippen molar-refractivity contribution < 1.29 is 9.66 Å². The van der Waals surface area contributed by atoms with E-state index in [1.807, 2.05) is 0 Å². The van der Waals surface area contributed by atoms with Crippen LogP contribution in [0.1, 0.15) is 19.3 Å². The molecule has 1 aliphatic heterocycles. The van der Waals surface area contributed by atoms with Gasteiger partial charge < -0.3 is 10.1 Å². The van der Waals surface area contributed by atoms with Gasteiger partial charge >= 0.3 is 5.69 Å². The molecule has 1 aromatic rings. The van der Waals surface area contributed by atoms with Crippen molar-refractivity contribution in [2.24, 2.45) is 0 Å². The van der Waals surface area contributed by atoms with Crippen LogP contribution in [0.3, 0.4) is 0 Å². The first kappa shape index (κ1) is 13.0. The van der Waals surface area contributed by atoms with Crippen LogP contribution in [-0.4, -0.2) is 34.1 Å². The van der Waals surface area contributed by atoms with Crippen molar-refractivity contribution >= 4 is 23.1 Å². The summed E-state index contributed by atoms with van der Waals surface area (Å²) < 4.78 is 5.46. The molecule has 0 aromatic carbocycles. The van der Waals surface area contributed by atoms with E-state index in [1.54, 1.807) is 0 Å². The number of aromatic nitrogens is 2. The van der Waals surface area contributed by atoms with E-state index in [1.165, 1.54) is 6.33 Å². The lowest BCUT2D eigenvalue weighted by Crippen LogP contribution is -2.14. The van der Waals surface area contributed by atoms with Gasteiger partial charge in [-0.25, -0.2) is 9.97 Å². The van der Waals surface area contributed by atoms with Crippen molar-refractivity contribution in [3.05, 3.63) is 21.6 Å². The SMILES string of the molecule is O=[N+]([O-])c1c(Cl)ncnc1NCCC1CCCO1. The lowest BCUT2D eigenvalue weighted by atomic mass is 10.2. The normalized spacial score (nSPS) is 18.8. The Balaban J connectivity index is 1.96. The van der Waals surface area contributed by atoms with Crippen LogP contribution in [0.25, 0.3) is 0 Å². The van der Waals surface area contributed by atoms with E-state index in [0.717, 1.165) is 25.9 Å². The summed E-state index contributed by atoms with van der Waals surface area (Å²) in [6.07, 6.45) is 4.33. The van der Waals surface area contributed by atoms with Gasteiger partial charge in [-0.05, 0) is 19.3 Å². The third kappa shape index (κ3) is 3.05. The maximum absolute atomic E-state index is 10.8. The lowest BCUT2D eigenvalue weighted by molar-refractivity contribution is -0.384. The standard InChI is InChI=1S/C10H13ClN4O3/c11-9-8(15(16)17)10(14-6-13-9)12-4-3-7-2-1-5-18-7/h6-7H,1-5H2,(H,12,13,14). The number of nitro groups is 1.